The molecule has 4 rings (SSSR count). The molecule has 2 atom stereocenters. The summed E-state index contributed by atoms with van der Waals surface area (Å²) < 4.78 is 11.2. The third-order valence-electron chi connectivity index (χ3n) is 7.98. The second-order valence-electron chi connectivity index (χ2n) is 10.8. The predicted molar refractivity (Wildman–Crippen MR) is 159 cm³/mol. The van der Waals surface area contributed by atoms with Crippen molar-refractivity contribution in [1.29, 1.82) is 0 Å². The van der Waals surface area contributed by atoms with Gasteiger partial charge in [0.15, 0.2) is 0 Å². The first-order valence-corrected chi connectivity index (χ1v) is 14.2. The van der Waals surface area contributed by atoms with Crippen molar-refractivity contribution in [2.75, 3.05) is 26.7 Å². The molecule has 4 N–H and O–H groups in total. The number of hydrogen-bond donors (Lipinski definition) is 3. The maximum absolute atomic E-state index is 13.5. The van der Waals surface area contributed by atoms with E-state index in [9.17, 15) is 14.7 Å². The average Bonchev–Trinajstić information content (AvgIpc) is 3.01. The molecule has 1 fully saturated rings. The van der Waals surface area contributed by atoms with E-state index < -0.39 is 11.7 Å². The Kier molecular flexibility index (Phi) is 10.0. The lowest BCUT2D eigenvalue weighted by Gasteiger charge is -2.43. The van der Waals surface area contributed by atoms with E-state index in [0.29, 0.717) is 55.9 Å². The predicted octanol–water partition coefficient (Wildman–Crippen LogP) is 5.43. The van der Waals surface area contributed by atoms with E-state index in [0.717, 1.165) is 35.3 Å². The summed E-state index contributed by atoms with van der Waals surface area (Å²) in [5.74, 6) is 1.03. The third-order valence-corrected chi connectivity index (χ3v) is 7.98. The zero-order valence-corrected chi connectivity index (χ0v) is 24.2. The van der Waals surface area contributed by atoms with Crippen molar-refractivity contribution >= 4 is 12.0 Å². The molecule has 1 aliphatic heterocycles. The Morgan fingerprint density at radius 3 is 2.44 bits per heavy atom. The smallest absolute Gasteiger partial charge is 0.406 e. The Balaban J connectivity index is 1.65. The summed E-state index contributed by atoms with van der Waals surface area (Å²) in [6, 6.07) is 20.9. The first-order valence-electron chi connectivity index (χ1n) is 14.2. The van der Waals surface area contributed by atoms with E-state index in [-0.39, 0.29) is 11.8 Å². The van der Waals surface area contributed by atoms with Crippen molar-refractivity contribution in [2.24, 2.45) is 11.7 Å². The Hall–Kier alpha value is -3.88. The summed E-state index contributed by atoms with van der Waals surface area (Å²) in [6.45, 7) is 5.78. The number of para-hydroxylation sites is 2. The lowest BCUT2D eigenvalue weighted by molar-refractivity contribution is -0.0578. The van der Waals surface area contributed by atoms with Crippen LogP contribution in [0.25, 0.3) is 0 Å². The maximum atomic E-state index is 13.5. The number of likely N-dealkylation sites (tertiary alicyclic amines) is 1. The molecule has 218 valence electrons. The number of ether oxygens (including phenoxy) is 2. The summed E-state index contributed by atoms with van der Waals surface area (Å²) in [5.41, 5.74) is 8.66. The first kappa shape index (κ1) is 30.1. The van der Waals surface area contributed by atoms with Gasteiger partial charge in [-0.25, -0.2) is 4.79 Å². The van der Waals surface area contributed by atoms with Gasteiger partial charge < -0.3 is 30.5 Å². The fraction of sp³-hybridized carbons (Fsp3) is 0.394. The number of nitrogens with zero attached hydrogens (tertiary/aromatic N) is 1. The number of aliphatic hydroxyl groups is 1. The summed E-state index contributed by atoms with van der Waals surface area (Å²) in [6.07, 6.45) is 1.87. The van der Waals surface area contributed by atoms with Gasteiger partial charge in [-0.3, -0.25) is 4.79 Å². The Labute approximate surface area is 242 Å². The second-order valence-corrected chi connectivity index (χ2v) is 10.8. The van der Waals surface area contributed by atoms with Crippen LogP contribution in [0.2, 0.25) is 0 Å². The maximum Gasteiger partial charge on any atom is 0.406 e. The van der Waals surface area contributed by atoms with Crippen LogP contribution in [-0.4, -0.2) is 48.8 Å². The molecule has 2 amide bonds. The van der Waals surface area contributed by atoms with E-state index in [1.807, 2.05) is 85.5 Å². The van der Waals surface area contributed by atoms with Crippen LogP contribution < -0.4 is 15.8 Å². The fourth-order valence-corrected chi connectivity index (χ4v) is 5.68. The molecule has 0 spiro atoms. The highest BCUT2D eigenvalue weighted by molar-refractivity contribution is 5.94. The molecule has 1 saturated heterocycles. The van der Waals surface area contributed by atoms with Gasteiger partial charge in [-0.15, -0.1) is 0 Å². The molecule has 1 aliphatic rings. The van der Waals surface area contributed by atoms with Crippen LogP contribution in [0.15, 0.2) is 66.7 Å². The van der Waals surface area contributed by atoms with Crippen LogP contribution in [0.4, 0.5) is 4.79 Å². The number of nitrogens with two attached hydrogens (primary N) is 1. The highest BCUT2D eigenvalue weighted by Crippen LogP contribution is 2.44. The molecule has 8 nitrogen and oxygen atoms in total. The topological polar surface area (TPSA) is 114 Å². The molecular weight excluding hydrogens is 518 g/mol. The van der Waals surface area contributed by atoms with Gasteiger partial charge >= 0.3 is 6.09 Å². The van der Waals surface area contributed by atoms with Gasteiger partial charge in [0.05, 0.1) is 12.7 Å². The molecule has 0 saturated carbocycles. The van der Waals surface area contributed by atoms with Gasteiger partial charge in [-0.2, -0.15) is 0 Å². The van der Waals surface area contributed by atoms with Gasteiger partial charge in [0.2, 0.25) is 0 Å². The van der Waals surface area contributed by atoms with Gasteiger partial charge in [0, 0.05) is 43.2 Å². The summed E-state index contributed by atoms with van der Waals surface area (Å²) >= 11 is 0. The highest BCUT2D eigenvalue weighted by Gasteiger charge is 2.43. The minimum Gasteiger partial charge on any atom is -0.456 e. The number of methoxy groups -OCH3 is 1. The van der Waals surface area contributed by atoms with Gasteiger partial charge in [-0.1, -0.05) is 48.5 Å². The second kappa shape index (κ2) is 13.7. The quantitative estimate of drug-likeness (QED) is 0.286. The zero-order chi connectivity index (χ0) is 29.4. The molecule has 3 aromatic carbocycles. The number of piperidine rings is 1. The fourth-order valence-electron chi connectivity index (χ4n) is 5.68. The Morgan fingerprint density at radius 1 is 1.05 bits per heavy atom. The molecule has 3 aromatic rings. The normalized spacial score (nSPS) is 16.5. The number of rotatable bonds is 10. The van der Waals surface area contributed by atoms with Crippen LogP contribution in [0, 0.1) is 19.8 Å². The van der Waals surface area contributed by atoms with Gasteiger partial charge in [0.1, 0.15) is 11.5 Å². The summed E-state index contributed by atoms with van der Waals surface area (Å²) in [7, 11) is 1.32. The molecule has 0 bridgehead atoms. The molecule has 8 heteroatoms. The third kappa shape index (κ3) is 7.07. The van der Waals surface area contributed by atoms with Crippen molar-refractivity contribution < 1.29 is 24.2 Å². The largest absolute Gasteiger partial charge is 0.456 e. The Bertz CT molecular complexity index is 1320. The number of nitrogens with one attached hydrogen (secondary N) is 1. The lowest BCUT2D eigenvalue weighted by atomic mass is 9.74. The van der Waals surface area contributed by atoms with Crippen LogP contribution in [-0.2, 0) is 16.9 Å². The number of amides is 2. The minimum atomic E-state index is -1.31. The molecule has 0 unspecified atom stereocenters. The average molecular weight is 560 g/mol. The van der Waals surface area contributed by atoms with E-state index in [1.165, 1.54) is 7.11 Å². The molecule has 0 aromatic heterocycles. The standard InChI is InChI=1S/C33H41N3O5/c1-23-9-6-10-24(2)30(23)41-29-13-5-4-12-28(29)33(39,18-8-19-35-32(38)40-3)27-11-7-20-36(22-27)31(37)26-16-14-25(21-34)15-17-26/h4-6,9-10,12-17,27,39H,7-8,11,18-22,34H2,1-3H3,(H,35,38)/t27-,33+/m1/s1. The number of alkyl carbamates (subject to hydrolysis) is 1. The monoisotopic (exact) mass is 559 g/mol. The minimum absolute atomic E-state index is 0.0620. The van der Waals surface area contributed by atoms with Crippen LogP contribution >= 0.6 is 0 Å². The summed E-state index contributed by atoms with van der Waals surface area (Å²) in [4.78, 5) is 27.0. The molecular formula is C33H41N3O5. The van der Waals surface area contributed by atoms with E-state index in [1.54, 1.807) is 0 Å². The van der Waals surface area contributed by atoms with Crippen molar-refractivity contribution in [3.05, 3.63) is 94.5 Å². The molecule has 0 aliphatic carbocycles. The van der Waals surface area contributed by atoms with Gasteiger partial charge in [0.25, 0.3) is 5.91 Å². The van der Waals surface area contributed by atoms with Gasteiger partial charge in [-0.05, 0) is 74.4 Å². The van der Waals surface area contributed by atoms with Crippen molar-refractivity contribution in [1.82, 2.24) is 10.2 Å². The lowest BCUT2D eigenvalue weighted by Crippen LogP contribution is -2.48. The molecule has 0 radical (unpaired) electrons. The highest BCUT2D eigenvalue weighted by atomic mass is 16.5. The number of aryl methyl sites for hydroxylation is 2. The van der Waals surface area contributed by atoms with Crippen LogP contribution in [0.1, 0.15) is 58.3 Å². The van der Waals surface area contributed by atoms with E-state index in [2.05, 4.69) is 5.32 Å². The van der Waals surface area contributed by atoms with E-state index >= 15 is 0 Å². The SMILES string of the molecule is COC(=O)NCCC[C@@](O)(c1ccccc1Oc1c(C)cccc1C)[C@@H]1CCCN(C(=O)c2ccc(CN)cc2)C1. The molecule has 1 heterocycles. The number of hydrogen-bond acceptors (Lipinski definition) is 6. The molecule has 41 heavy (non-hydrogen) atoms. The van der Waals surface area contributed by atoms with Crippen LogP contribution in [0.5, 0.6) is 11.5 Å². The van der Waals surface area contributed by atoms with E-state index in [4.69, 9.17) is 15.2 Å². The first-order chi connectivity index (χ1) is 19.8. The zero-order valence-electron chi connectivity index (χ0n) is 24.2. The summed E-state index contributed by atoms with van der Waals surface area (Å²) in [5, 5.41) is 15.3. The van der Waals surface area contributed by atoms with Crippen molar-refractivity contribution in [3.63, 3.8) is 0 Å². The Morgan fingerprint density at radius 2 is 1.76 bits per heavy atom. The number of carbonyl (C=O) groups is 2. The number of benzene rings is 3. The van der Waals surface area contributed by atoms with Crippen LogP contribution in [0.3, 0.4) is 0 Å². The van der Waals surface area contributed by atoms with Crippen molar-refractivity contribution in [3.8, 4) is 11.5 Å². The number of carbonyl (C=O) groups excluding carboxylic acids is 2. The van der Waals surface area contributed by atoms with Crippen molar-refractivity contribution in [2.45, 2.75) is 51.7 Å².